The molecule has 0 saturated carbocycles. The highest BCUT2D eigenvalue weighted by molar-refractivity contribution is 5.29. The number of alkyl halides is 2. The quantitative estimate of drug-likeness (QED) is 0.741. The largest absolute Gasteiger partial charge is 0.375 e. The van der Waals surface area contributed by atoms with Crippen LogP contribution in [-0.4, -0.2) is 54.0 Å². The molecule has 0 bridgehead atoms. The molecule has 1 aromatic rings. The zero-order valence-electron chi connectivity index (χ0n) is 10.7. The molecule has 8 heteroatoms. The number of H-pyrrole nitrogens is 1. The lowest BCUT2D eigenvalue weighted by Crippen LogP contribution is -2.40. The predicted molar refractivity (Wildman–Crippen MR) is 66.3 cm³/mol. The second-order valence-electron chi connectivity index (χ2n) is 4.62. The molecular formula is C11H19F2N5O. The fourth-order valence-corrected chi connectivity index (χ4v) is 1.98. The molecule has 2 rings (SSSR count). The van der Waals surface area contributed by atoms with Gasteiger partial charge in [0, 0.05) is 25.6 Å². The summed E-state index contributed by atoms with van der Waals surface area (Å²) in [5.74, 6) is 1.30. The Balaban J connectivity index is 1.75. The minimum Gasteiger partial charge on any atom is -0.375 e. The first-order valence-corrected chi connectivity index (χ1v) is 6.43. The van der Waals surface area contributed by atoms with Gasteiger partial charge in [-0.1, -0.05) is 0 Å². The molecule has 1 aliphatic heterocycles. The first-order chi connectivity index (χ1) is 9.15. The zero-order chi connectivity index (χ0) is 13.7. The lowest BCUT2D eigenvalue weighted by molar-refractivity contribution is 0.0183. The van der Waals surface area contributed by atoms with Gasteiger partial charge in [-0.2, -0.15) is 4.98 Å². The third-order valence-corrected chi connectivity index (χ3v) is 3.07. The Kier molecular flexibility index (Phi) is 5.03. The maximum absolute atomic E-state index is 11.9. The van der Waals surface area contributed by atoms with Crippen molar-refractivity contribution in [2.75, 3.05) is 31.2 Å². The molecule has 19 heavy (non-hydrogen) atoms. The number of aromatic amines is 1. The minimum atomic E-state index is -2.43. The molecule has 1 fully saturated rings. The van der Waals surface area contributed by atoms with E-state index in [-0.39, 0.29) is 12.6 Å². The van der Waals surface area contributed by atoms with E-state index in [0.29, 0.717) is 18.2 Å². The average molecular weight is 275 g/mol. The van der Waals surface area contributed by atoms with Gasteiger partial charge in [-0.05, 0) is 12.8 Å². The van der Waals surface area contributed by atoms with Crippen LogP contribution in [-0.2, 0) is 11.2 Å². The summed E-state index contributed by atoms with van der Waals surface area (Å²) in [5, 5.41) is 6.92. The maximum atomic E-state index is 11.9. The van der Waals surface area contributed by atoms with E-state index in [4.69, 9.17) is 10.5 Å². The van der Waals surface area contributed by atoms with Crippen LogP contribution < -0.4 is 10.6 Å². The van der Waals surface area contributed by atoms with E-state index in [1.54, 1.807) is 0 Å². The molecule has 0 spiro atoms. The molecule has 0 aliphatic carbocycles. The number of hydrogen-bond donors (Lipinski definition) is 2. The number of rotatable bonds is 6. The van der Waals surface area contributed by atoms with Crippen molar-refractivity contribution in [2.24, 2.45) is 5.73 Å². The van der Waals surface area contributed by atoms with Crippen LogP contribution in [0.5, 0.6) is 0 Å². The molecule has 0 amide bonds. The Morgan fingerprint density at radius 3 is 2.84 bits per heavy atom. The van der Waals surface area contributed by atoms with Crippen molar-refractivity contribution in [3.63, 3.8) is 0 Å². The van der Waals surface area contributed by atoms with E-state index >= 15 is 0 Å². The number of aromatic nitrogens is 3. The van der Waals surface area contributed by atoms with Gasteiger partial charge in [0.2, 0.25) is 5.95 Å². The van der Waals surface area contributed by atoms with Crippen LogP contribution in [0.3, 0.4) is 0 Å². The normalized spacial score (nSPS) is 17.4. The van der Waals surface area contributed by atoms with Crippen LogP contribution in [0.1, 0.15) is 18.7 Å². The molecule has 0 unspecified atom stereocenters. The van der Waals surface area contributed by atoms with E-state index in [2.05, 4.69) is 20.1 Å². The van der Waals surface area contributed by atoms with Gasteiger partial charge in [0.25, 0.3) is 6.43 Å². The van der Waals surface area contributed by atoms with Crippen molar-refractivity contribution >= 4 is 5.95 Å². The molecule has 108 valence electrons. The number of piperidine rings is 1. The van der Waals surface area contributed by atoms with Crippen molar-refractivity contribution in [3.8, 4) is 0 Å². The highest BCUT2D eigenvalue weighted by Crippen LogP contribution is 2.14. The summed E-state index contributed by atoms with van der Waals surface area (Å²) in [6.07, 6.45) is -0.113. The number of hydrogen-bond acceptors (Lipinski definition) is 5. The second kappa shape index (κ2) is 6.76. The van der Waals surface area contributed by atoms with Crippen molar-refractivity contribution in [1.82, 2.24) is 15.2 Å². The van der Waals surface area contributed by atoms with E-state index in [0.717, 1.165) is 25.9 Å². The number of nitrogens with one attached hydrogen (secondary N) is 1. The van der Waals surface area contributed by atoms with Crippen molar-refractivity contribution in [1.29, 1.82) is 0 Å². The molecule has 6 nitrogen and oxygen atoms in total. The molecule has 0 aromatic carbocycles. The molecule has 3 N–H and O–H groups in total. The summed E-state index contributed by atoms with van der Waals surface area (Å²) in [6, 6.07) is 0.261. The summed E-state index contributed by atoms with van der Waals surface area (Å²) in [4.78, 5) is 6.40. The Morgan fingerprint density at radius 2 is 2.16 bits per heavy atom. The van der Waals surface area contributed by atoms with Crippen LogP contribution in [0.15, 0.2) is 0 Å². The van der Waals surface area contributed by atoms with Crippen molar-refractivity contribution in [2.45, 2.75) is 31.7 Å². The van der Waals surface area contributed by atoms with Crippen LogP contribution >= 0.6 is 0 Å². The zero-order valence-corrected chi connectivity index (χ0v) is 10.7. The van der Waals surface area contributed by atoms with E-state index < -0.39 is 13.0 Å². The number of halogens is 2. The Labute approximate surface area is 110 Å². The highest BCUT2D eigenvalue weighted by atomic mass is 19.3. The summed E-state index contributed by atoms with van der Waals surface area (Å²) >= 11 is 0. The van der Waals surface area contributed by atoms with Crippen LogP contribution in [0.2, 0.25) is 0 Å². The van der Waals surface area contributed by atoms with Crippen LogP contribution in [0.25, 0.3) is 0 Å². The fourth-order valence-electron chi connectivity index (χ4n) is 1.98. The van der Waals surface area contributed by atoms with Gasteiger partial charge in [-0.3, -0.25) is 5.10 Å². The van der Waals surface area contributed by atoms with E-state index in [1.165, 1.54) is 0 Å². The van der Waals surface area contributed by atoms with Crippen molar-refractivity contribution < 1.29 is 13.5 Å². The van der Waals surface area contributed by atoms with Gasteiger partial charge in [-0.25, -0.2) is 8.78 Å². The number of nitrogens with zero attached hydrogens (tertiary/aromatic N) is 3. The van der Waals surface area contributed by atoms with Gasteiger partial charge in [0.15, 0.2) is 0 Å². The SMILES string of the molecule is NC1CCN(c2n[nH]c(CCOCC(F)F)n2)CC1. The Bertz CT molecular complexity index is 379. The summed E-state index contributed by atoms with van der Waals surface area (Å²) in [6.45, 7) is 1.37. The number of nitrogens with two attached hydrogens (primary N) is 1. The Morgan fingerprint density at radius 1 is 1.42 bits per heavy atom. The summed E-state index contributed by atoms with van der Waals surface area (Å²) in [5.41, 5.74) is 5.83. The minimum absolute atomic E-state index is 0.212. The summed E-state index contributed by atoms with van der Waals surface area (Å²) in [7, 11) is 0. The van der Waals surface area contributed by atoms with Gasteiger partial charge in [0.05, 0.1) is 6.61 Å². The van der Waals surface area contributed by atoms with Gasteiger partial charge >= 0.3 is 0 Å². The van der Waals surface area contributed by atoms with Gasteiger partial charge in [0.1, 0.15) is 12.4 Å². The van der Waals surface area contributed by atoms with E-state index in [1.807, 2.05) is 0 Å². The molecule has 0 atom stereocenters. The molecule has 1 aromatic heterocycles. The topological polar surface area (TPSA) is 80.1 Å². The third kappa shape index (κ3) is 4.39. The monoisotopic (exact) mass is 275 g/mol. The summed E-state index contributed by atoms with van der Waals surface area (Å²) < 4.78 is 28.5. The lowest BCUT2D eigenvalue weighted by atomic mass is 10.1. The number of anilines is 1. The average Bonchev–Trinajstić information content (AvgIpc) is 2.84. The molecule has 1 saturated heterocycles. The predicted octanol–water partition coefficient (Wildman–Crippen LogP) is 0.556. The molecule has 1 aliphatic rings. The first kappa shape index (κ1) is 14.1. The molecule has 0 radical (unpaired) electrons. The van der Waals surface area contributed by atoms with E-state index in [9.17, 15) is 8.78 Å². The Hall–Kier alpha value is -1.28. The molecular weight excluding hydrogens is 256 g/mol. The van der Waals surface area contributed by atoms with Gasteiger partial charge < -0.3 is 15.4 Å². The molecule has 2 heterocycles. The fraction of sp³-hybridized carbons (Fsp3) is 0.818. The van der Waals surface area contributed by atoms with Crippen LogP contribution in [0.4, 0.5) is 14.7 Å². The first-order valence-electron chi connectivity index (χ1n) is 6.43. The van der Waals surface area contributed by atoms with Crippen LogP contribution in [0, 0.1) is 0 Å². The third-order valence-electron chi connectivity index (χ3n) is 3.07. The number of ether oxygens (including phenoxy) is 1. The second-order valence-corrected chi connectivity index (χ2v) is 4.62. The highest BCUT2D eigenvalue weighted by Gasteiger charge is 2.19. The van der Waals surface area contributed by atoms with Gasteiger partial charge in [-0.15, -0.1) is 5.10 Å². The smallest absolute Gasteiger partial charge is 0.261 e. The maximum Gasteiger partial charge on any atom is 0.261 e. The lowest BCUT2D eigenvalue weighted by Gasteiger charge is -2.28. The standard InChI is InChI=1S/C11H19F2N5O/c12-9(13)7-19-6-3-10-15-11(17-16-10)18-4-1-8(14)2-5-18/h8-9H,1-7,14H2,(H,15,16,17). The van der Waals surface area contributed by atoms with Crippen molar-refractivity contribution in [3.05, 3.63) is 5.82 Å².